The summed E-state index contributed by atoms with van der Waals surface area (Å²) in [7, 11) is 0. The number of aryl methyl sites for hydroxylation is 2. The molecule has 8 heteroatoms. The van der Waals surface area contributed by atoms with E-state index < -0.39 is 12.0 Å². The van der Waals surface area contributed by atoms with Crippen LogP contribution in [0.3, 0.4) is 0 Å². The van der Waals surface area contributed by atoms with E-state index in [1.807, 2.05) is 47.6 Å². The van der Waals surface area contributed by atoms with Crippen molar-refractivity contribution in [3.05, 3.63) is 93.2 Å². The first-order valence-electron chi connectivity index (χ1n) is 13.0. The second kappa shape index (κ2) is 11.6. The highest BCUT2D eigenvalue weighted by Crippen LogP contribution is 2.45. The second-order valence-electron chi connectivity index (χ2n) is 9.93. The average molecular weight is 532 g/mol. The van der Waals surface area contributed by atoms with Crippen LogP contribution in [-0.4, -0.2) is 41.2 Å². The first-order valence-corrected chi connectivity index (χ1v) is 13.9. The fourth-order valence-electron chi connectivity index (χ4n) is 5.12. The van der Waals surface area contributed by atoms with Gasteiger partial charge in [0.25, 0.3) is 0 Å². The number of allylic oxidation sites excluding steroid dienone is 1. The lowest BCUT2D eigenvalue weighted by Gasteiger charge is -2.37. The number of hydrogen-bond acceptors (Lipinski definition) is 7. The highest BCUT2D eigenvalue weighted by Gasteiger charge is 2.41. The van der Waals surface area contributed by atoms with E-state index in [1.165, 1.54) is 11.8 Å². The molecule has 0 bridgehead atoms. The molecule has 0 aliphatic carbocycles. The van der Waals surface area contributed by atoms with E-state index in [1.54, 1.807) is 0 Å². The first-order chi connectivity index (χ1) is 18.4. The van der Waals surface area contributed by atoms with E-state index in [-0.39, 0.29) is 25.0 Å². The van der Waals surface area contributed by atoms with Crippen LogP contribution in [0.4, 0.5) is 0 Å². The summed E-state index contributed by atoms with van der Waals surface area (Å²) in [5.74, 6) is -0.481. The quantitative estimate of drug-likeness (QED) is 0.465. The Kier molecular flexibility index (Phi) is 8.00. The Morgan fingerprint density at radius 1 is 1.16 bits per heavy atom. The third kappa shape index (κ3) is 5.71. The second-order valence-corrected chi connectivity index (χ2v) is 10.8. The Balaban J connectivity index is 1.42. The number of amidine groups is 1. The van der Waals surface area contributed by atoms with Gasteiger partial charge in [-0.15, -0.1) is 0 Å². The molecule has 1 N–H and O–H groups in total. The van der Waals surface area contributed by atoms with Gasteiger partial charge in [0, 0.05) is 18.8 Å². The standard InChI is InChI=1S/C30H33N3O4S/c1-19-11-12-25(20(2)14-19)28-27(29(35)37-17-22-8-5-4-6-9-22)21(3)32-30-33(28)23(18-38-30)15-26(34)31-16-24-10-7-13-36-24/h4-6,8-9,11-12,14,18,24,28H,7,10,13,15-17H2,1-3H3,(H,31,34)/t24-,28-/m1/s1. The molecule has 3 heterocycles. The number of fused-ring (bicyclic) bond motifs is 1. The van der Waals surface area contributed by atoms with Crippen molar-refractivity contribution in [1.82, 2.24) is 10.2 Å². The molecule has 198 valence electrons. The Hall–Kier alpha value is -3.36. The number of benzene rings is 2. The van der Waals surface area contributed by atoms with Crippen LogP contribution in [0.25, 0.3) is 0 Å². The highest BCUT2D eigenvalue weighted by atomic mass is 32.2. The van der Waals surface area contributed by atoms with Crippen molar-refractivity contribution < 1.29 is 19.1 Å². The lowest BCUT2D eigenvalue weighted by Crippen LogP contribution is -2.39. The third-order valence-electron chi connectivity index (χ3n) is 7.05. The van der Waals surface area contributed by atoms with Gasteiger partial charge in [0.15, 0.2) is 5.17 Å². The van der Waals surface area contributed by atoms with E-state index in [2.05, 4.69) is 37.4 Å². The molecule has 2 atom stereocenters. The molecule has 0 aromatic heterocycles. The van der Waals surface area contributed by atoms with Crippen molar-refractivity contribution in [3.63, 3.8) is 0 Å². The molecule has 0 spiro atoms. The van der Waals surface area contributed by atoms with Gasteiger partial charge in [0.1, 0.15) is 6.61 Å². The lowest BCUT2D eigenvalue weighted by molar-refractivity contribution is -0.141. The van der Waals surface area contributed by atoms with Gasteiger partial charge in [-0.05, 0) is 55.7 Å². The van der Waals surface area contributed by atoms with Gasteiger partial charge >= 0.3 is 5.97 Å². The van der Waals surface area contributed by atoms with Crippen LogP contribution in [0, 0.1) is 13.8 Å². The molecule has 1 fully saturated rings. The molecule has 38 heavy (non-hydrogen) atoms. The summed E-state index contributed by atoms with van der Waals surface area (Å²) in [4.78, 5) is 33.4. The Bertz CT molecular complexity index is 1310. The predicted octanol–water partition coefficient (Wildman–Crippen LogP) is 5.31. The van der Waals surface area contributed by atoms with Crippen LogP contribution < -0.4 is 5.32 Å². The van der Waals surface area contributed by atoms with Crippen LogP contribution in [0.2, 0.25) is 0 Å². The smallest absolute Gasteiger partial charge is 0.338 e. The van der Waals surface area contributed by atoms with E-state index in [0.717, 1.165) is 52.6 Å². The number of hydrogen-bond donors (Lipinski definition) is 1. The van der Waals surface area contributed by atoms with Gasteiger partial charge < -0.3 is 19.7 Å². The Labute approximate surface area is 228 Å². The largest absolute Gasteiger partial charge is 0.457 e. The Morgan fingerprint density at radius 3 is 2.71 bits per heavy atom. The maximum atomic E-state index is 13.6. The molecule has 3 aliphatic heterocycles. The molecule has 1 saturated heterocycles. The number of thioether (sulfide) groups is 1. The van der Waals surface area contributed by atoms with Gasteiger partial charge in [-0.25, -0.2) is 9.79 Å². The monoisotopic (exact) mass is 531 g/mol. The molecule has 5 rings (SSSR count). The van der Waals surface area contributed by atoms with E-state index in [9.17, 15) is 9.59 Å². The number of nitrogens with zero attached hydrogens (tertiary/aromatic N) is 2. The van der Waals surface area contributed by atoms with E-state index in [4.69, 9.17) is 14.5 Å². The minimum absolute atomic E-state index is 0.0764. The molecular formula is C30H33N3O4S. The van der Waals surface area contributed by atoms with Crippen LogP contribution in [0.1, 0.15) is 54.5 Å². The number of ether oxygens (including phenoxy) is 2. The van der Waals surface area contributed by atoms with Crippen LogP contribution in [0.15, 0.2) is 75.9 Å². The average Bonchev–Trinajstić information content (AvgIpc) is 3.56. The maximum absolute atomic E-state index is 13.6. The number of nitrogens with one attached hydrogen (secondary N) is 1. The van der Waals surface area contributed by atoms with Gasteiger partial charge in [-0.2, -0.15) is 0 Å². The normalized spacial score (nSPS) is 20.7. The number of esters is 1. The van der Waals surface area contributed by atoms with Gasteiger partial charge in [0.05, 0.1) is 29.8 Å². The van der Waals surface area contributed by atoms with E-state index >= 15 is 0 Å². The minimum atomic E-state index is -0.446. The Morgan fingerprint density at radius 2 is 1.97 bits per heavy atom. The third-order valence-corrected chi connectivity index (χ3v) is 7.93. The number of amides is 1. The fraction of sp³-hybridized carbons (Fsp3) is 0.367. The first kappa shape index (κ1) is 26.3. The highest BCUT2D eigenvalue weighted by molar-refractivity contribution is 8.16. The van der Waals surface area contributed by atoms with Crippen molar-refractivity contribution in [2.24, 2.45) is 4.99 Å². The molecule has 0 unspecified atom stereocenters. The molecular weight excluding hydrogens is 498 g/mol. The predicted molar refractivity (Wildman–Crippen MR) is 149 cm³/mol. The van der Waals surface area contributed by atoms with Crippen LogP contribution in [-0.2, 0) is 25.7 Å². The molecule has 0 saturated carbocycles. The van der Waals surface area contributed by atoms with Crippen LogP contribution in [0.5, 0.6) is 0 Å². The number of rotatable bonds is 8. The number of carbonyl (C=O) groups is 2. The zero-order chi connectivity index (χ0) is 26.6. The SMILES string of the molecule is CC1=C(C(=O)OCc2ccccc2)[C@@H](c2ccc(C)cc2C)N2C(CC(=O)NC[C@H]3CCCO3)=CSC2=N1. The summed E-state index contributed by atoms with van der Waals surface area (Å²) in [6.45, 7) is 7.40. The maximum Gasteiger partial charge on any atom is 0.338 e. The zero-order valence-corrected chi connectivity index (χ0v) is 22.8. The van der Waals surface area contributed by atoms with Gasteiger partial charge in [-0.1, -0.05) is 65.9 Å². The topological polar surface area (TPSA) is 80.2 Å². The van der Waals surface area contributed by atoms with Crippen molar-refractivity contribution in [2.75, 3.05) is 13.2 Å². The van der Waals surface area contributed by atoms with Gasteiger partial charge in [0.2, 0.25) is 5.91 Å². The van der Waals surface area contributed by atoms with Crippen molar-refractivity contribution in [3.8, 4) is 0 Å². The molecule has 2 aromatic carbocycles. The van der Waals surface area contributed by atoms with Crippen LogP contribution >= 0.6 is 11.8 Å². The number of carbonyl (C=O) groups excluding carboxylic acids is 2. The zero-order valence-electron chi connectivity index (χ0n) is 22.0. The summed E-state index contributed by atoms with van der Waals surface area (Å²) in [6.07, 6.45) is 2.26. The minimum Gasteiger partial charge on any atom is -0.457 e. The lowest BCUT2D eigenvalue weighted by atomic mass is 9.90. The summed E-state index contributed by atoms with van der Waals surface area (Å²) >= 11 is 1.48. The number of aliphatic imine (C=N–C) groups is 1. The van der Waals surface area contributed by atoms with Crippen molar-refractivity contribution >= 4 is 28.8 Å². The van der Waals surface area contributed by atoms with Crippen molar-refractivity contribution in [1.29, 1.82) is 0 Å². The molecule has 0 radical (unpaired) electrons. The summed E-state index contributed by atoms with van der Waals surface area (Å²) in [6, 6.07) is 15.4. The molecule has 1 amide bonds. The van der Waals surface area contributed by atoms with E-state index in [0.29, 0.717) is 17.8 Å². The van der Waals surface area contributed by atoms with Crippen molar-refractivity contribution in [2.45, 2.75) is 58.8 Å². The molecule has 3 aliphatic rings. The summed E-state index contributed by atoms with van der Waals surface area (Å²) in [5, 5.41) is 5.74. The molecule has 7 nitrogen and oxygen atoms in total. The fourth-order valence-corrected chi connectivity index (χ4v) is 6.08. The molecule has 2 aromatic rings. The summed E-state index contributed by atoms with van der Waals surface area (Å²) in [5.41, 5.74) is 6.05. The van der Waals surface area contributed by atoms with Gasteiger partial charge in [-0.3, -0.25) is 4.79 Å². The summed E-state index contributed by atoms with van der Waals surface area (Å²) < 4.78 is 11.4.